The van der Waals surface area contributed by atoms with E-state index in [1.54, 1.807) is 12.8 Å². The van der Waals surface area contributed by atoms with Gasteiger partial charge in [-0.1, -0.05) is 0 Å². The van der Waals surface area contributed by atoms with Gasteiger partial charge < -0.3 is 21.9 Å². The summed E-state index contributed by atoms with van der Waals surface area (Å²) < 4.78 is 0. The Labute approximate surface area is 72.5 Å². The van der Waals surface area contributed by atoms with Crippen LogP contribution in [0.1, 0.15) is 12.8 Å². The molecule has 0 aromatic carbocycles. The van der Waals surface area contributed by atoms with Gasteiger partial charge in [-0.15, -0.1) is 0 Å². The van der Waals surface area contributed by atoms with Crippen LogP contribution in [-0.2, 0) is 0 Å². The molecule has 0 radical (unpaired) electrons. The number of piperidine rings is 2. The number of rotatable bonds is 0. The Hall–Kier alpha value is 0.440. The number of hydrogen-bond acceptors (Lipinski definition) is 0. The third kappa shape index (κ3) is 0.782. The Morgan fingerprint density at radius 2 is 1.50 bits per heavy atom. The predicted octanol–water partition coefficient (Wildman–Crippen LogP) is -3.46. The van der Waals surface area contributed by atoms with Gasteiger partial charge in [0.2, 0.25) is 0 Å². The van der Waals surface area contributed by atoms with E-state index >= 15 is 0 Å². The van der Waals surface area contributed by atoms with E-state index in [2.05, 4.69) is 0 Å². The van der Waals surface area contributed by atoms with Gasteiger partial charge in [-0.2, -0.15) is 0 Å². The molecule has 1 N–H and O–H groups in total. The number of hydrogen-bond donors (Lipinski definition) is 1. The summed E-state index contributed by atoms with van der Waals surface area (Å²) in [7, 11) is 0. The molecule has 4 bridgehead atoms. The van der Waals surface area contributed by atoms with Crippen LogP contribution in [0.25, 0.3) is 0 Å². The van der Waals surface area contributed by atoms with Gasteiger partial charge in [-0.05, 0) is 12.8 Å². The van der Waals surface area contributed by atoms with Gasteiger partial charge in [0.15, 0.2) is 0 Å². The molecular formula is C8H14BrN. The van der Waals surface area contributed by atoms with Crippen LogP contribution >= 0.6 is 0 Å². The molecule has 2 unspecified atom stereocenters. The van der Waals surface area contributed by atoms with E-state index in [1.807, 2.05) is 4.90 Å². The van der Waals surface area contributed by atoms with Crippen molar-refractivity contribution in [2.24, 2.45) is 17.8 Å². The summed E-state index contributed by atoms with van der Waals surface area (Å²) in [5.74, 6) is 3.48. The third-order valence-electron chi connectivity index (χ3n) is 3.62. The molecule has 4 rings (SSSR count). The smallest absolute Gasteiger partial charge is 0.0804 e. The van der Waals surface area contributed by atoms with E-state index in [1.165, 1.54) is 31.5 Å². The number of quaternary nitrogens is 1. The third-order valence-corrected chi connectivity index (χ3v) is 3.62. The van der Waals surface area contributed by atoms with Gasteiger partial charge in [-0.3, -0.25) is 0 Å². The minimum atomic E-state index is 0. The fourth-order valence-corrected chi connectivity index (χ4v) is 3.40. The van der Waals surface area contributed by atoms with E-state index in [-0.39, 0.29) is 17.0 Å². The Morgan fingerprint density at radius 1 is 0.900 bits per heavy atom. The summed E-state index contributed by atoms with van der Waals surface area (Å²) in [5, 5.41) is 0. The monoisotopic (exact) mass is 203 g/mol. The van der Waals surface area contributed by atoms with Crippen molar-refractivity contribution in [2.45, 2.75) is 12.8 Å². The van der Waals surface area contributed by atoms with E-state index in [0.29, 0.717) is 0 Å². The normalized spacial score (nSPS) is 55.2. The highest BCUT2D eigenvalue weighted by Crippen LogP contribution is 2.39. The molecule has 2 heteroatoms. The maximum atomic E-state index is 1.92. The topological polar surface area (TPSA) is 4.44 Å². The fourth-order valence-electron chi connectivity index (χ4n) is 3.40. The van der Waals surface area contributed by atoms with Crippen LogP contribution < -0.4 is 21.9 Å². The van der Waals surface area contributed by atoms with Crippen molar-refractivity contribution < 1.29 is 21.9 Å². The number of nitrogens with one attached hydrogen (secondary N) is 1. The fraction of sp³-hybridized carbons (Fsp3) is 1.00. The highest BCUT2D eigenvalue weighted by Gasteiger charge is 2.49. The lowest BCUT2D eigenvalue weighted by molar-refractivity contribution is -0.901. The largest absolute Gasteiger partial charge is 1.00 e. The Bertz CT molecular complexity index is 115. The van der Waals surface area contributed by atoms with Crippen LogP contribution in [0.5, 0.6) is 0 Å². The van der Waals surface area contributed by atoms with E-state index < -0.39 is 0 Å². The van der Waals surface area contributed by atoms with Gasteiger partial charge in [0.1, 0.15) is 0 Å². The Balaban J connectivity index is 0.000000403. The molecule has 2 atom stereocenters. The second-order valence-electron chi connectivity index (χ2n) is 4.22. The van der Waals surface area contributed by atoms with Gasteiger partial charge in [0.05, 0.1) is 19.6 Å². The first-order chi connectivity index (χ1) is 4.42. The summed E-state index contributed by atoms with van der Waals surface area (Å²) in [5.41, 5.74) is 0. The van der Waals surface area contributed by atoms with Gasteiger partial charge in [0, 0.05) is 17.8 Å². The van der Waals surface area contributed by atoms with Crippen molar-refractivity contribution in [3.05, 3.63) is 0 Å². The molecule has 3 saturated heterocycles. The van der Waals surface area contributed by atoms with E-state index in [0.717, 1.165) is 5.92 Å². The summed E-state index contributed by atoms with van der Waals surface area (Å²) in [4.78, 5) is 1.92. The summed E-state index contributed by atoms with van der Waals surface area (Å²) >= 11 is 0. The SMILES string of the molecule is C1C2CC3C[NH+](C2)CC13.[Br-]. The first kappa shape index (κ1) is 7.11. The van der Waals surface area contributed by atoms with E-state index in [4.69, 9.17) is 0 Å². The lowest BCUT2D eigenvalue weighted by atomic mass is 10.0. The van der Waals surface area contributed by atoms with Crippen LogP contribution in [0.2, 0.25) is 0 Å². The standard InChI is InChI=1S/C8H13N.BrH/c1-6-2-8-5-9(3-6)4-7(1)8;/h6-8H,1-5H2;1H. The minimum Gasteiger partial charge on any atom is -1.00 e. The molecule has 0 aromatic heterocycles. The zero-order chi connectivity index (χ0) is 5.84. The maximum Gasteiger partial charge on any atom is 0.0804 e. The minimum absolute atomic E-state index is 0. The van der Waals surface area contributed by atoms with Gasteiger partial charge in [-0.25, -0.2) is 0 Å². The van der Waals surface area contributed by atoms with Crippen molar-refractivity contribution in [2.75, 3.05) is 19.6 Å². The first-order valence-corrected chi connectivity index (χ1v) is 4.25. The molecule has 58 valence electrons. The highest BCUT2D eigenvalue weighted by molar-refractivity contribution is 4.89. The zero-order valence-corrected chi connectivity index (χ0v) is 7.73. The Kier molecular flexibility index (Phi) is 1.57. The summed E-state index contributed by atoms with van der Waals surface area (Å²) in [6.07, 6.45) is 3.18. The molecular weight excluding hydrogens is 190 g/mol. The molecule has 10 heavy (non-hydrogen) atoms. The molecule has 0 amide bonds. The second-order valence-corrected chi connectivity index (χ2v) is 4.22. The molecule has 3 aliphatic heterocycles. The average molecular weight is 204 g/mol. The quantitative estimate of drug-likeness (QED) is 0.418. The van der Waals surface area contributed by atoms with Crippen molar-refractivity contribution >= 4 is 0 Å². The average Bonchev–Trinajstić information content (AvgIpc) is 2.20. The maximum absolute atomic E-state index is 1.92. The second kappa shape index (κ2) is 2.21. The van der Waals surface area contributed by atoms with Crippen LogP contribution in [0.15, 0.2) is 0 Å². The highest BCUT2D eigenvalue weighted by atomic mass is 79.9. The van der Waals surface area contributed by atoms with Crippen molar-refractivity contribution in [1.29, 1.82) is 0 Å². The van der Waals surface area contributed by atoms with E-state index in [9.17, 15) is 0 Å². The van der Waals surface area contributed by atoms with Crippen molar-refractivity contribution in [3.63, 3.8) is 0 Å². The Morgan fingerprint density at radius 3 is 1.90 bits per heavy atom. The predicted molar refractivity (Wildman–Crippen MR) is 35.3 cm³/mol. The van der Waals surface area contributed by atoms with Gasteiger partial charge in [0.25, 0.3) is 0 Å². The summed E-state index contributed by atoms with van der Waals surface area (Å²) in [6, 6.07) is 0. The lowest BCUT2D eigenvalue weighted by Crippen LogP contribution is -3.12. The molecule has 3 heterocycles. The molecule has 4 fully saturated rings. The van der Waals surface area contributed by atoms with Crippen LogP contribution in [0, 0.1) is 17.8 Å². The van der Waals surface area contributed by atoms with Crippen molar-refractivity contribution in [3.8, 4) is 0 Å². The summed E-state index contributed by atoms with van der Waals surface area (Å²) in [6.45, 7) is 4.58. The zero-order valence-electron chi connectivity index (χ0n) is 6.15. The van der Waals surface area contributed by atoms with Crippen molar-refractivity contribution in [1.82, 2.24) is 0 Å². The molecule has 1 aliphatic carbocycles. The molecule has 1 nitrogen and oxygen atoms in total. The molecule has 0 spiro atoms. The number of halogens is 1. The molecule has 4 aliphatic rings. The van der Waals surface area contributed by atoms with Crippen LogP contribution in [-0.4, -0.2) is 19.6 Å². The lowest BCUT2D eigenvalue weighted by Gasteiger charge is -2.25. The molecule has 1 saturated carbocycles. The van der Waals surface area contributed by atoms with Gasteiger partial charge >= 0.3 is 0 Å². The molecule has 0 aromatic rings. The van der Waals surface area contributed by atoms with Crippen LogP contribution in [0.4, 0.5) is 0 Å². The van der Waals surface area contributed by atoms with Crippen LogP contribution in [0.3, 0.4) is 0 Å². The first-order valence-electron chi connectivity index (χ1n) is 4.25.